The van der Waals surface area contributed by atoms with Crippen LogP contribution in [0.15, 0.2) is 34.2 Å². The zero-order chi connectivity index (χ0) is 20.4. The Labute approximate surface area is 176 Å². The van der Waals surface area contributed by atoms with Crippen molar-refractivity contribution < 1.29 is 4.79 Å². The summed E-state index contributed by atoms with van der Waals surface area (Å²) in [6.45, 7) is 2.55. The van der Waals surface area contributed by atoms with Crippen LogP contribution < -0.4 is 10.9 Å². The number of rotatable bonds is 6. The summed E-state index contributed by atoms with van der Waals surface area (Å²) in [5.41, 5.74) is 2.25. The minimum atomic E-state index is -0.197. The van der Waals surface area contributed by atoms with E-state index in [1.165, 1.54) is 28.0 Å². The standard InChI is InChI=1S/C21H20N4O2S2/c1-2-10-25-20(27)14-6-3-4-8-16(14)23-21(25)28-12-18(26)24-19-15(11-22)13-7-5-9-17(13)29-19/h3-4,6,8H,2,5,7,9-10,12H2,1H3,(H,24,26). The normalized spacial score (nSPS) is 12.7. The van der Waals surface area contributed by atoms with Gasteiger partial charge in [-0.1, -0.05) is 30.8 Å². The zero-order valence-corrected chi connectivity index (χ0v) is 17.7. The van der Waals surface area contributed by atoms with Gasteiger partial charge in [0.1, 0.15) is 11.1 Å². The Bertz CT molecular complexity index is 1190. The fourth-order valence-corrected chi connectivity index (χ4v) is 5.66. The van der Waals surface area contributed by atoms with Crippen molar-refractivity contribution in [2.24, 2.45) is 0 Å². The number of carbonyl (C=O) groups excluding carboxylic acids is 1. The molecule has 0 unspecified atom stereocenters. The van der Waals surface area contributed by atoms with Gasteiger partial charge < -0.3 is 5.32 Å². The van der Waals surface area contributed by atoms with E-state index in [0.29, 0.717) is 33.2 Å². The van der Waals surface area contributed by atoms with Gasteiger partial charge in [-0.2, -0.15) is 5.26 Å². The molecule has 1 aliphatic rings. The number of amides is 1. The lowest BCUT2D eigenvalue weighted by atomic mass is 10.1. The Morgan fingerprint density at radius 2 is 2.21 bits per heavy atom. The van der Waals surface area contributed by atoms with E-state index < -0.39 is 0 Å². The molecule has 0 saturated heterocycles. The summed E-state index contributed by atoms with van der Waals surface area (Å²) >= 11 is 2.75. The number of aryl methyl sites for hydroxylation is 1. The Morgan fingerprint density at radius 1 is 1.38 bits per heavy atom. The SMILES string of the molecule is CCCn1c(SCC(=O)Nc2sc3c(c2C#N)CCC3)nc2ccccc2c1=O. The zero-order valence-electron chi connectivity index (χ0n) is 16.0. The highest BCUT2D eigenvalue weighted by Gasteiger charge is 2.23. The van der Waals surface area contributed by atoms with Crippen LogP contribution in [0.2, 0.25) is 0 Å². The lowest BCUT2D eigenvalue weighted by Gasteiger charge is -2.12. The van der Waals surface area contributed by atoms with Crippen molar-refractivity contribution in [1.29, 1.82) is 5.26 Å². The Hall–Kier alpha value is -2.63. The number of hydrogen-bond donors (Lipinski definition) is 1. The minimum absolute atomic E-state index is 0.0817. The number of anilines is 1. The molecule has 3 aromatic rings. The smallest absolute Gasteiger partial charge is 0.262 e. The molecule has 29 heavy (non-hydrogen) atoms. The van der Waals surface area contributed by atoms with E-state index >= 15 is 0 Å². The molecule has 8 heteroatoms. The topological polar surface area (TPSA) is 87.8 Å². The van der Waals surface area contributed by atoms with Crippen LogP contribution in [-0.2, 0) is 24.2 Å². The van der Waals surface area contributed by atoms with Crippen molar-refractivity contribution in [2.45, 2.75) is 44.3 Å². The van der Waals surface area contributed by atoms with Gasteiger partial charge in [-0.25, -0.2) is 4.98 Å². The van der Waals surface area contributed by atoms with Gasteiger partial charge in [-0.05, 0) is 43.4 Å². The van der Waals surface area contributed by atoms with Crippen molar-refractivity contribution in [1.82, 2.24) is 9.55 Å². The summed E-state index contributed by atoms with van der Waals surface area (Å²) in [4.78, 5) is 31.2. The monoisotopic (exact) mass is 424 g/mol. The van der Waals surface area contributed by atoms with Gasteiger partial charge >= 0.3 is 0 Å². The molecule has 0 bridgehead atoms. The molecule has 0 spiro atoms. The fraction of sp³-hybridized carbons (Fsp3) is 0.333. The number of aromatic nitrogens is 2. The van der Waals surface area contributed by atoms with Gasteiger partial charge in [0.15, 0.2) is 5.16 Å². The molecule has 1 amide bonds. The summed E-state index contributed by atoms with van der Waals surface area (Å²) in [7, 11) is 0. The molecule has 1 N–H and O–H groups in total. The van der Waals surface area contributed by atoms with Gasteiger partial charge in [0.2, 0.25) is 5.91 Å². The third-order valence-corrected chi connectivity index (χ3v) is 7.08. The van der Waals surface area contributed by atoms with E-state index in [1.54, 1.807) is 10.6 Å². The largest absolute Gasteiger partial charge is 0.316 e. The number of para-hydroxylation sites is 1. The number of thiophene rings is 1. The first kappa shape index (κ1) is 19.7. The molecular weight excluding hydrogens is 404 g/mol. The van der Waals surface area contributed by atoms with Crippen LogP contribution in [0.25, 0.3) is 10.9 Å². The molecule has 0 atom stereocenters. The highest BCUT2D eigenvalue weighted by Crippen LogP contribution is 2.38. The average molecular weight is 425 g/mol. The van der Waals surface area contributed by atoms with Gasteiger partial charge in [0.05, 0.1) is 22.2 Å². The number of thioether (sulfide) groups is 1. The summed E-state index contributed by atoms with van der Waals surface area (Å²) in [6, 6.07) is 9.50. The minimum Gasteiger partial charge on any atom is -0.316 e. The van der Waals surface area contributed by atoms with Crippen molar-refractivity contribution in [2.75, 3.05) is 11.1 Å². The number of carbonyl (C=O) groups is 1. The molecule has 1 aliphatic carbocycles. The maximum absolute atomic E-state index is 12.8. The molecule has 148 valence electrons. The van der Waals surface area contributed by atoms with E-state index in [1.807, 2.05) is 25.1 Å². The summed E-state index contributed by atoms with van der Waals surface area (Å²) < 4.78 is 1.64. The van der Waals surface area contributed by atoms with Crippen LogP contribution in [0.5, 0.6) is 0 Å². The van der Waals surface area contributed by atoms with E-state index in [4.69, 9.17) is 0 Å². The highest BCUT2D eigenvalue weighted by atomic mass is 32.2. The van der Waals surface area contributed by atoms with Crippen LogP contribution in [0, 0.1) is 11.3 Å². The molecule has 4 rings (SSSR count). The number of nitrogens with zero attached hydrogens (tertiary/aromatic N) is 3. The molecule has 0 saturated carbocycles. The van der Waals surface area contributed by atoms with Crippen LogP contribution >= 0.6 is 23.1 Å². The molecular formula is C21H20N4O2S2. The molecule has 6 nitrogen and oxygen atoms in total. The summed E-state index contributed by atoms with van der Waals surface area (Å²) in [5.74, 6) is -0.0704. The van der Waals surface area contributed by atoms with Crippen LogP contribution in [0.4, 0.5) is 5.00 Å². The Morgan fingerprint density at radius 3 is 3.00 bits per heavy atom. The quantitative estimate of drug-likeness (QED) is 0.478. The van der Waals surface area contributed by atoms with Crippen LogP contribution in [0.3, 0.4) is 0 Å². The molecule has 0 radical (unpaired) electrons. The third-order valence-electron chi connectivity index (χ3n) is 4.89. The second-order valence-electron chi connectivity index (χ2n) is 6.88. The second kappa shape index (κ2) is 8.39. The fourth-order valence-electron chi connectivity index (χ4n) is 3.58. The van der Waals surface area contributed by atoms with Gasteiger partial charge in [0, 0.05) is 11.4 Å². The van der Waals surface area contributed by atoms with Crippen LogP contribution in [-0.4, -0.2) is 21.2 Å². The predicted molar refractivity (Wildman–Crippen MR) is 117 cm³/mol. The Balaban J connectivity index is 1.54. The first-order valence-electron chi connectivity index (χ1n) is 9.59. The highest BCUT2D eigenvalue weighted by molar-refractivity contribution is 7.99. The third kappa shape index (κ3) is 3.80. The van der Waals surface area contributed by atoms with Gasteiger partial charge in [-0.15, -0.1) is 11.3 Å². The Kier molecular flexibility index (Phi) is 5.69. The first-order chi connectivity index (χ1) is 14.1. The number of fused-ring (bicyclic) bond motifs is 2. The summed E-state index contributed by atoms with van der Waals surface area (Å²) in [6.07, 6.45) is 3.75. The molecule has 1 aromatic carbocycles. The molecule has 2 aromatic heterocycles. The second-order valence-corrected chi connectivity index (χ2v) is 8.93. The van der Waals surface area contributed by atoms with E-state index in [2.05, 4.69) is 16.4 Å². The van der Waals surface area contributed by atoms with E-state index in [9.17, 15) is 14.9 Å². The van der Waals surface area contributed by atoms with E-state index in [0.717, 1.165) is 31.2 Å². The summed E-state index contributed by atoms with van der Waals surface area (Å²) in [5, 5.41) is 14.1. The maximum atomic E-state index is 12.8. The molecule has 0 aliphatic heterocycles. The molecule has 2 heterocycles. The molecule has 0 fully saturated rings. The van der Waals surface area contributed by atoms with Gasteiger partial charge in [0.25, 0.3) is 5.56 Å². The number of benzene rings is 1. The van der Waals surface area contributed by atoms with Crippen molar-refractivity contribution in [3.63, 3.8) is 0 Å². The average Bonchev–Trinajstić information content (AvgIpc) is 3.29. The number of nitrogens with one attached hydrogen (secondary N) is 1. The maximum Gasteiger partial charge on any atom is 0.262 e. The van der Waals surface area contributed by atoms with Gasteiger partial charge in [-0.3, -0.25) is 14.2 Å². The number of nitriles is 1. The van der Waals surface area contributed by atoms with Crippen molar-refractivity contribution in [3.05, 3.63) is 50.6 Å². The first-order valence-corrected chi connectivity index (χ1v) is 11.4. The van der Waals surface area contributed by atoms with E-state index in [-0.39, 0.29) is 17.2 Å². The lowest BCUT2D eigenvalue weighted by Crippen LogP contribution is -2.24. The van der Waals surface area contributed by atoms with Crippen LogP contribution in [0.1, 0.15) is 35.8 Å². The number of hydrogen-bond acceptors (Lipinski definition) is 6. The lowest BCUT2D eigenvalue weighted by molar-refractivity contribution is -0.113. The van der Waals surface area contributed by atoms with Crippen molar-refractivity contribution in [3.8, 4) is 6.07 Å². The predicted octanol–water partition coefficient (Wildman–Crippen LogP) is 3.96. The van der Waals surface area contributed by atoms with Crippen molar-refractivity contribution >= 4 is 44.9 Å².